The second-order valence-electron chi connectivity index (χ2n) is 5.43. The molecule has 0 bridgehead atoms. The topological polar surface area (TPSA) is 55.6 Å². The molecule has 120 valence electrons. The fraction of sp³-hybridized carbons (Fsp3) is 0.562. The van der Waals surface area contributed by atoms with Crippen molar-refractivity contribution in [2.24, 2.45) is 5.73 Å². The van der Waals surface area contributed by atoms with E-state index in [2.05, 4.69) is 0 Å². The van der Waals surface area contributed by atoms with Crippen LogP contribution in [-0.4, -0.2) is 36.5 Å². The number of hydrogen-bond donors (Lipinski definition) is 1. The highest BCUT2D eigenvalue weighted by atomic mass is 35.5. The van der Waals surface area contributed by atoms with E-state index in [-0.39, 0.29) is 18.3 Å². The van der Waals surface area contributed by atoms with Crippen LogP contribution in [0.15, 0.2) is 30.3 Å². The first-order valence-corrected chi connectivity index (χ1v) is 7.13. The van der Waals surface area contributed by atoms with E-state index in [1.165, 1.54) is 0 Å². The molecule has 0 aliphatic rings. The lowest BCUT2D eigenvalue weighted by molar-refractivity contribution is -0.136. The van der Waals surface area contributed by atoms with Gasteiger partial charge in [0.1, 0.15) is 0 Å². The summed E-state index contributed by atoms with van der Waals surface area (Å²) in [6.45, 7) is 5.46. The fourth-order valence-electron chi connectivity index (χ4n) is 2.13. The molecule has 1 unspecified atom stereocenters. The molecule has 4 nitrogen and oxygen atoms in total. The number of rotatable bonds is 8. The summed E-state index contributed by atoms with van der Waals surface area (Å²) in [6, 6.07) is 9.99. The van der Waals surface area contributed by atoms with Crippen LogP contribution in [0.4, 0.5) is 0 Å². The smallest absolute Gasteiger partial charge is 0.242 e. The first-order valence-electron chi connectivity index (χ1n) is 7.13. The molecule has 0 fully saturated rings. The summed E-state index contributed by atoms with van der Waals surface area (Å²) in [5.74, 6) is -0.0253. The number of carbonyl (C=O) groups excluding carboxylic acids is 1. The summed E-state index contributed by atoms with van der Waals surface area (Å²) in [6.07, 6.45) is 1.60. The van der Waals surface area contributed by atoms with Crippen molar-refractivity contribution in [2.75, 3.05) is 20.2 Å². The zero-order valence-electron chi connectivity index (χ0n) is 13.2. The van der Waals surface area contributed by atoms with Gasteiger partial charge in [0, 0.05) is 13.6 Å². The molecule has 0 saturated carbocycles. The molecular weight excluding hydrogens is 288 g/mol. The van der Waals surface area contributed by atoms with E-state index in [4.69, 9.17) is 10.5 Å². The van der Waals surface area contributed by atoms with Gasteiger partial charge in [-0.1, -0.05) is 43.7 Å². The van der Waals surface area contributed by atoms with Gasteiger partial charge in [0.05, 0.1) is 18.8 Å². The summed E-state index contributed by atoms with van der Waals surface area (Å²) in [4.78, 5) is 13.8. The molecule has 0 radical (unpaired) electrons. The van der Waals surface area contributed by atoms with Crippen molar-refractivity contribution >= 4 is 18.3 Å². The van der Waals surface area contributed by atoms with Crippen LogP contribution in [0.5, 0.6) is 0 Å². The summed E-state index contributed by atoms with van der Waals surface area (Å²) in [5.41, 5.74) is 6.40. The Balaban J connectivity index is 0.00000400. The number of nitrogens with zero attached hydrogens (tertiary/aromatic N) is 1. The highest BCUT2D eigenvalue weighted by Crippen LogP contribution is 2.11. The van der Waals surface area contributed by atoms with Crippen LogP contribution in [0.2, 0.25) is 0 Å². The molecule has 0 saturated heterocycles. The predicted octanol–water partition coefficient (Wildman–Crippen LogP) is 2.60. The average molecular weight is 315 g/mol. The molecule has 1 amide bonds. The normalized spacial score (nSPS) is 13.1. The Morgan fingerprint density at radius 1 is 1.33 bits per heavy atom. The average Bonchev–Trinajstić information content (AvgIpc) is 2.43. The van der Waals surface area contributed by atoms with E-state index in [0.29, 0.717) is 26.2 Å². The van der Waals surface area contributed by atoms with Crippen molar-refractivity contribution in [3.63, 3.8) is 0 Å². The molecule has 0 spiro atoms. The maximum atomic E-state index is 12.2. The van der Waals surface area contributed by atoms with Crippen molar-refractivity contribution in [3.8, 4) is 0 Å². The summed E-state index contributed by atoms with van der Waals surface area (Å²) < 4.78 is 5.58. The van der Waals surface area contributed by atoms with Gasteiger partial charge in [-0.15, -0.1) is 12.4 Å². The molecule has 1 atom stereocenters. The Morgan fingerprint density at radius 3 is 2.52 bits per heavy atom. The van der Waals surface area contributed by atoms with Crippen LogP contribution in [-0.2, 0) is 16.1 Å². The van der Waals surface area contributed by atoms with Gasteiger partial charge >= 0.3 is 0 Å². The SMILES string of the molecule is CCCC(C)(N)C(=O)N(C)CCOCc1ccccc1.Cl. The lowest BCUT2D eigenvalue weighted by Crippen LogP contribution is -2.52. The second-order valence-corrected chi connectivity index (χ2v) is 5.43. The first kappa shape index (κ1) is 19.9. The fourth-order valence-corrected chi connectivity index (χ4v) is 2.13. The summed E-state index contributed by atoms with van der Waals surface area (Å²) in [5, 5.41) is 0. The van der Waals surface area contributed by atoms with Crippen molar-refractivity contribution < 1.29 is 9.53 Å². The van der Waals surface area contributed by atoms with Gasteiger partial charge in [0.25, 0.3) is 0 Å². The minimum Gasteiger partial charge on any atom is -0.375 e. The van der Waals surface area contributed by atoms with E-state index in [1.807, 2.05) is 37.3 Å². The minimum atomic E-state index is -0.775. The number of amides is 1. The van der Waals surface area contributed by atoms with Crippen LogP contribution in [0, 0.1) is 0 Å². The van der Waals surface area contributed by atoms with E-state index in [1.54, 1.807) is 18.9 Å². The van der Waals surface area contributed by atoms with E-state index >= 15 is 0 Å². The highest BCUT2D eigenvalue weighted by Gasteiger charge is 2.29. The van der Waals surface area contributed by atoms with E-state index in [0.717, 1.165) is 12.0 Å². The van der Waals surface area contributed by atoms with Crippen LogP contribution < -0.4 is 5.73 Å². The Morgan fingerprint density at radius 2 is 1.95 bits per heavy atom. The maximum absolute atomic E-state index is 12.2. The van der Waals surface area contributed by atoms with Gasteiger partial charge in [-0.2, -0.15) is 0 Å². The minimum absolute atomic E-state index is 0. The van der Waals surface area contributed by atoms with E-state index in [9.17, 15) is 4.79 Å². The van der Waals surface area contributed by atoms with Crippen LogP contribution in [0.25, 0.3) is 0 Å². The number of carbonyl (C=O) groups is 1. The zero-order valence-corrected chi connectivity index (χ0v) is 14.0. The quantitative estimate of drug-likeness (QED) is 0.750. The first-order chi connectivity index (χ1) is 9.47. The van der Waals surface area contributed by atoms with Gasteiger partial charge in [0.15, 0.2) is 0 Å². The number of halogens is 1. The van der Waals surface area contributed by atoms with Gasteiger partial charge < -0.3 is 15.4 Å². The lowest BCUT2D eigenvalue weighted by atomic mass is 9.96. The standard InChI is InChI=1S/C16H26N2O2.ClH/c1-4-10-16(2,17)15(19)18(3)11-12-20-13-14-8-6-5-7-9-14;/h5-9H,4,10-13,17H2,1-3H3;1H. The number of ether oxygens (including phenoxy) is 1. The molecule has 0 aliphatic heterocycles. The Kier molecular flexibility index (Phi) is 9.26. The van der Waals surface area contributed by atoms with Crippen molar-refractivity contribution in [1.29, 1.82) is 0 Å². The van der Waals surface area contributed by atoms with E-state index < -0.39 is 5.54 Å². The molecule has 21 heavy (non-hydrogen) atoms. The number of likely N-dealkylation sites (N-methyl/N-ethyl adjacent to an activating group) is 1. The van der Waals surface area contributed by atoms with Crippen molar-refractivity contribution in [2.45, 2.75) is 38.8 Å². The summed E-state index contributed by atoms with van der Waals surface area (Å²) >= 11 is 0. The van der Waals surface area contributed by atoms with Crippen molar-refractivity contribution in [3.05, 3.63) is 35.9 Å². The Labute approximate surface area is 134 Å². The molecule has 0 aromatic heterocycles. The maximum Gasteiger partial charge on any atom is 0.242 e. The summed E-state index contributed by atoms with van der Waals surface area (Å²) in [7, 11) is 1.77. The largest absolute Gasteiger partial charge is 0.375 e. The Hall–Kier alpha value is -1.10. The van der Waals surface area contributed by atoms with Crippen LogP contribution in [0.1, 0.15) is 32.3 Å². The third kappa shape index (κ3) is 6.93. The lowest BCUT2D eigenvalue weighted by Gasteiger charge is -2.28. The molecule has 2 N–H and O–H groups in total. The van der Waals surface area contributed by atoms with Gasteiger partial charge in [-0.3, -0.25) is 4.79 Å². The molecular formula is C16H27ClN2O2. The zero-order chi connectivity index (χ0) is 15.0. The number of nitrogens with two attached hydrogens (primary N) is 1. The molecule has 1 aromatic rings. The van der Waals surface area contributed by atoms with Crippen LogP contribution in [0.3, 0.4) is 0 Å². The third-order valence-electron chi connectivity index (χ3n) is 3.29. The molecule has 0 aliphatic carbocycles. The highest BCUT2D eigenvalue weighted by molar-refractivity contribution is 5.85. The predicted molar refractivity (Wildman–Crippen MR) is 88.5 cm³/mol. The Bertz CT molecular complexity index is 410. The monoisotopic (exact) mass is 314 g/mol. The van der Waals surface area contributed by atoms with Gasteiger partial charge in [-0.25, -0.2) is 0 Å². The molecule has 1 aromatic carbocycles. The van der Waals surface area contributed by atoms with Crippen molar-refractivity contribution in [1.82, 2.24) is 4.90 Å². The number of hydrogen-bond acceptors (Lipinski definition) is 3. The number of benzene rings is 1. The second kappa shape index (κ2) is 9.77. The molecule has 5 heteroatoms. The molecule has 0 heterocycles. The van der Waals surface area contributed by atoms with Gasteiger partial charge in [0.2, 0.25) is 5.91 Å². The third-order valence-corrected chi connectivity index (χ3v) is 3.29. The van der Waals surface area contributed by atoms with Gasteiger partial charge in [-0.05, 0) is 18.9 Å². The molecule has 1 rings (SSSR count). The van der Waals surface area contributed by atoms with Crippen LogP contribution >= 0.6 is 12.4 Å².